The average molecular weight is 241 g/mol. The van der Waals surface area contributed by atoms with Crippen molar-refractivity contribution >= 4 is 17.2 Å². The van der Waals surface area contributed by atoms with E-state index in [4.69, 9.17) is 4.74 Å². The molecule has 0 bridgehead atoms. The first-order chi connectivity index (χ1) is 8.69. The summed E-state index contributed by atoms with van der Waals surface area (Å²) in [6.45, 7) is 1.56. The largest absolute Gasteiger partial charge is 0.497 e. The molecule has 0 radical (unpaired) electrons. The summed E-state index contributed by atoms with van der Waals surface area (Å²) in [6.07, 6.45) is 0. The molecule has 0 amide bonds. The van der Waals surface area contributed by atoms with Crippen molar-refractivity contribution in [2.24, 2.45) is 0 Å². The second-order valence-electron chi connectivity index (χ2n) is 3.99. The van der Waals surface area contributed by atoms with Crippen molar-refractivity contribution in [3.05, 3.63) is 54.1 Å². The molecule has 3 heteroatoms. The zero-order chi connectivity index (χ0) is 13.0. The maximum atomic E-state index is 11.2. The Kier molecular flexibility index (Phi) is 3.63. The van der Waals surface area contributed by atoms with Crippen LogP contribution in [0.5, 0.6) is 5.75 Å². The molecule has 2 aromatic rings. The Labute approximate surface area is 106 Å². The highest BCUT2D eigenvalue weighted by Gasteiger charge is 1.99. The first kappa shape index (κ1) is 12.2. The molecule has 0 aliphatic heterocycles. The maximum Gasteiger partial charge on any atom is 0.159 e. The minimum absolute atomic E-state index is 0.0750. The predicted octanol–water partition coefficient (Wildman–Crippen LogP) is 3.64. The van der Waals surface area contributed by atoms with Crippen molar-refractivity contribution in [1.29, 1.82) is 0 Å². The zero-order valence-corrected chi connectivity index (χ0v) is 10.4. The topological polar surface area (TPSA) is 38.3 Å². The van der Waals surface area contributed by atoms with E-state index in [0.717, 1.165) is 22.7 Å². The third-order valence-electron chi connectivity index (χ3n) is 2.67. The first-order valence-corrected chi connectivity index (χ1v) is 5.71. The summed E-state index contributed by atoms with van der Waals surface area (Å²) in [7, 11) is 1.64. The van der Waals surface area contributed by atoms with Gasteiger partial charge in [0.1, 0.15) is 5.75 Å². The number of ether oxygens (including phenoxy) is 1. The van der Waals surface area contributed by atoms with E-state index in [1.165, 1.54) is 0 Å². The number of carbonyl (C=O) groups excluding carboxylic acids is 1. The standard InChI is InChI=1S/C15H15NO2/c1-11(17)12-3-5-13(6-4-12)16-14-7-9-15(18-2)10-8-14/h3-10,16H,1-2H3. The van der Waals surface area contributed by atoms with Gasteiger partial charge in [0.2, 0.25) is 0 Å². The van der Waals surface area contributed by atoms with Gasteiger partial charge in [-0.2, -0.15) is 0 Å². The summed E-state index contributed by atoms with van der Waals surface area (Å²) in [5, 5.41) is 3.25. The van der Waals surface area contributed by atoms with E-state index in [1.807, 2.05) is 48.5 Å². The molecule has 0 aliphatic carbocycles. The van der Waals surface area contributed by atoms with Gasteiger partial charge < -0.3 is 10.1 Å². The molecule has 2 aromatic carbocycles. The SMILES string of the molecule is COc1ccc(Nc2ccc(C(C)=O)cc2)cc1. The number of rotatable bonds is 4. The monoisotopic (exact) mass is 241 g/mol. The highest BCUT2D eigenvalue weighted by Crippen LogP contribution is 2.20. The number of hydrogen-bond acceptors (Lipinski definition) is 3. The van der Waals surface area contributed by atoms with Crippen LogP contribution >= 0.6 is 0 Å². The van der Waals surface area contributed by atoms with Crippen LogP contribution in [0.2, 0.25) is 0 Å². The lowest BCUT2D eigenvalue weighted by atomic mass is 10.1. The predicted molar refractivity (Wildman–Crippen MR) is 72.7 cm³/mol. The summed E-state index contributed by atoms with van der Waals surface area (Å²) in [5.41, 5.74) is 2.65. The molecule has 0 saturated heterocycles. The lowest BCUT2D eigenvalue weighted by Crippen LogP contribution is -1.94. The Hall–Kier alpha value is -2.29. The van der Waals surface area contributed by atoms with Crippen molar-refractivity contribution < 1.29 is 9.53 Å². The van der Waals surface area contributed by atoms with E-state index in [9.17, 15) is 4.79 Å². The summed E-state index contributed by atoms with van der Waals surface area (Å²) in [6, 6.07) is 15.1. The number of Topliss-reactive ketones (excluding diaryl/α,β-unsaturated/α-hetero) is 1. The van der Waals surface area contributed by atoms with Crippen molar-refractivity contribution in [2.45, 2.75) is 6.92 Å². The quantitative estimate of drug-likeness (QED) is 0.830. The van der Waals surface area contributed by atoms with Crippen LogP contribution in [0.25, 0.3) is 0 Å². The van der Waals surface area contributed by atoms with Crippen LogP contribution in [0, 0.1) is 0 Å². The van der Waals surface area contributed by atoms with Gasteiger partial charge in [-0.3, -0.25) is 4.79 Å². The summed E-state index contributed by atoms with van der Waals surface area (Å²) < 4.78 is 5.10. The van der Waals surface area contributed by atoms with Crippen LogP contribution in [-0.4, -0.2) is 12.9 Å². The molecule has 0 aliphatic rings. The van der Waals surface area contributed by atoms with Gasteiger partial charge in [0.05, 0.1) is 7.11 Å². The normalized spacial score (nSPS) is 9.89. The van der Waals surface area contributed by atoms with Gasteiger partial charge in [-0.05, 0) is 55.5 Å². The molecule has 0 unspecified atom stereocenters. The fourth-order valence-electron chi connectivity index (χ4n) is 1.63. The summed E-state index contributed by atoms with van der Waals surface area (Å²) in [4.78, 5) is 11.2. The number of anilines is 2. The lowest BCUT2D eigenvalue weighted by molar-refractivity contribution is 0.101. The average Bonchev–Trinajstić information content (AvgIpc) is 2.40. The van der Waals surface area contributed by atoms with Crippen LogP contribution in [0.15, 0.2) is 48.5 Å². The molecule has 0 heterocycles. The number of ketones is 1. The molecule has 92 valence electrons. The number of benzene rings is 2. The molecule has 3 nitrogen and oxygen atoms in total. The minimum Gasteiger partial charge on any atom is -0.497 e. The first-order valence-electron chi connectivity index (χ1n) is 5.71. The molecule has 1 N–H and O–H groups in total. The van der Waals surface area contributed by atoms with E-state index in [1.54, 1.807) is 14.0 Å². The fourth-order valence-corrected chi connectivity index (χ4v) is 1.63. The maximum absolute atomic E-state index is 11.2. The van der Waals surface area contributed by atoms with Crippen LogP contribution in [0.1, 0.15) is 17.3 Å². The van der Waals surface area contributed by atoms with Gasteiger partial charge in [-0.25, -0.2) is 0 Å². The van der Waals surface area contributed by atoms with E-state index in [0.29, 0.717) is 0 Å². The molecular weight excluding hydrogens is 226 g/mol. The lowest BCUT2D eigenvalue weighted by Gasteiger charge is -2.07. The van der Waals surface area contributed by atoms with Gasteiger partial charge in [-0.1, -0.05) is 0 Å². The Balaban J connectivity index is 2.10. The van der Waals surface area contributed by atoms with Gasteiger partial charge in [0, 0.05) is 16.9 Å². The number of hydrogen-bond donors (Lipinski definition) is 1. The van der Waals surface area contributed by atoms with E-state index < -0.39 is 0 Å². The van der Waals surface area contributed by atoms with Crippen molar-refractivity contribution in [3.63, 3.8) is 0 Å². The van der Waals surface area contributed by atoms with Crippen LogP contribution < -0.4 is 10.1 Å². The minimum atomic E-state index is 0.0750. The summed E-state index contributed by atoms with van der Waals surface area (Å²) >= 11 is 0. The van der Waals surface area contributed by atoms with Crippen molar-refractivity contribution in [3.8, 4) is 5.75 Å². The second kappa shape index (κ2) is 5.36. The third kappa shape index (κ3) is 2.88. The molecule has 18 heavy (non-hydrogen) atoms. The molecular formula is C15H15NO2. The second-order valence-corrected chi connectivity index (χ2v) is 3.99. The van der Waals surface area contributed by atoms with Crippen molar-refractivity contribution in [1.82, 2.24) is 0 Å². The van der Waals surface area contributed by atoms with E-state index in [2.05, 4.69) is 5.32 Å². The van der Waals surface area contributed by atoms with Gasteiger partial charge in [0.25, 0.3) is 0 Å². The summed E-state index contributed by atoms with van der Waals surface area (Å²) in [5.74, 6) is 0.901. The van der Waals surface area contributed by atoms with Crippen molar-refractivity contribution in [2.75, 3.05) is 12.4 Å². The van der Waals surface area contributed by atoms with Gasteiger partial charge >= 0.3 is 0 Å². The van der Waals surface area contributed by atoms with Crippen LogP contribution in [-0.2, 0) is 0 Å². The highest BCUT2D eigenvalue weighted by atomic mass is 16.5. The third-order valence-corrected chi connectivity index (χ3v) is 2.67. The van der Waals surface area contributed by atoms with E-state index in [-0.39, 0.29) is 5.78 Å². The Morgan fingerprint density at radius 3 is 1.89 bits per heavy atom. The Morgan fingerprint density at radius 2 is 1.44 bits per heavy atom. The molecule has 0 saturated carbocycles. The van der Waals surface area contributed by atoms with Crippen LogP contribution in [0.4, 0.5) is 11.4 Å². The fraction of sp³-hybridized carbons (Fsp3) is 0.133. The highest BCUT2D eigenvalue weighted by molar-refractivity contribution is 5.94. The smallest absolute Gasteiger partial charge is 0.159 e. The number of nitrogens with one attached hydrogen (secondary N) is 1. The van der Waals surface area contributed by atoms with E-state index >= 15 is 0 Å². The molecule has 0 fully saturated rings. The molecule has 0 spiro atoms. The molecule has 0 aromatic heterocycles. The molecule has 0 atom stereocenters. The molecule has 2 rings (SSSR count). The Bertz CT molecular complexity index is 529. The van der Waals surface area contributed by atoms with Crippen LogP contribution in [0.3, 0.4) is 0 Å². The van der Waals surface area contributed by atoms with Gasteiger partial charge in [0.15, 0.2) is 5.78 Å². The number of methoxy groups -OCH3 is 1. The van der Waals surface area contributed by atoms with Gasteiger partial charge in [-0.15, -0.1) is 0 Å². The Morgan fingerprint density at radius 1 is 0.944 bits per heavy atom. The number of carbonyl (C=O) groups is 1. The zero-order valence-electron chi connectivity index (χ0n) is 10.4.